The maximum atomic E-state index is 11.5. The highest BCUT2D eigenvalue weighted by Crippen LogP contribution is 2.35. The van der Waals surface area contributed by atoms with Crippen LogP contribution in [0.5, 0.6) is 5.75 Å². The van der Waals surface area contributed by atoms with E-state index in [1.165, 1.54) is 12.1 Å². The Hall–Kier alpha value is -3.61. The van der Waals surface area contributed by atoms with Crippen molar-refractivity contribution in [2.24, 2.45) is 0 Å². The van der Waals surface area contributed by atoms with Crippen molar-refractivity contribution in [1.82, 2.24) is 0 Å². The van der Waals surface area contributed by atoms with Crippen LogP contribution in [0.3, 0.4) is 0 Å². The fourth-order valence-electron chi connectivity index (χ4n) is 2.66. The van der Waals surface area contributed by atoms with Crippen LogP contribution in [0.25, 0.3) is 10.8 Å². The zero-order chi connectivity index (χ0) is 18.0. The molecule has 0 saturated heterocycles. The van der Waals surface area contributed by atoms with Gasteiger partial charge in [0.1, 0.15) is 5.75 Å². The Bertz CT molecular complexity index is 979. The average molecular weight is 338 g/mol. The fraction of sp³-hybridized carbons (Fsp3) is 0.0556. The zero-order valence-corrected chi connectivity index (χ0v) is 13.2. The van der Waals surface area contributed by atoms with E-state index in [4.69, 9.17) is 4.74 Å². The van der Waals surface area contributed by atoms with E-state index in [1.54, 1.807) is 13.2 Å². The Balaban J connectivity index is 2.13. The van der Waals surface area contributed by atoms with Crippen molar-refractivity contribution in [3.63, 3.8) is 0 Å². The minimum atomic E-state index is -1.25. The number of methoxy groups -OCH3 is 1. The summed E-state index contributed by atoms with van der Waals surface area (Å²) in [5.74, 6) is -0.613. The highest BCUT2D eigenvalue weighted by atomic mass is 16.6. The molecule has 0 atom stereocenters. The first kappa shape index (κ1) is 16.3. The van der Waals surface area contributed by atoms with Crippen LogP contribution in [0.4, 0.5) is 17.1 Å². The first-order valence-electron chi connectivity index (χ1n) is 7.35. The van der Waals surface area contributed by atoms with Gasteiger partial charge in [-0.1, -0.05) is 24.3 Å². The summed E-state index contributed by atoms with van der Waals surface area (Å²) in [6.45, 7) is 0. The highest BCUT2D eigenvalue weighted by molar-refractivity contribution is 6.02. The number of nitrogens with one attached hydrogen (secondary N) is 1. The number of benzene rings is 3. The van der Waals surface area contributed by atoms with Crippen molar-refractivity contribution in [1.29, 1.82) is 0 Å². The van der Waals surface area contributed by atoms with Gasteiger partial charge in [0.25, 0.3) is 5.69 Å². The number of carbonyl (C=O) groups is 1. The third-order valence-corrected chi connectivity index (χ3v) is 3.80. The second-order valence-electron chi connectivity index (χ2n) is 5.28. The molecule has 0 bridgehead atoms. The number of nitro benzene ring substituents is 1. The molecule has 0 aliphatic rings. The van der Waals surface area contributed by atoms with Gasteiger partial charge in [-0.05, 0) is 23.6 Å². The number of nitrogens with zero attached hydrogens (tertiary/aromatic N) is 1. The highest BCUT2D eigenvalue weighted by Gasteiger charge is 2.17. The van der Waals surface area contributed by atoms with Gasteiger partial charge >= 0.3 is 5.97 Å². The molecule has 0 aromatic heterocycles. The molecule has 0 spiro atoms. The van der Waals surface area contributed by atoms with E-state index >= 15 is 0 Å². The van der Waals surface area contributed by atoms with Gasteiger partial charge in [-0.15, -0.1) is 0 Å². The van der Waals surface area contributed by atoms with Crippen LogP contribution < -0.4 is 10.1 Å². The molecule has 7 heteroatoms. The Morgan fingerprint density at radius 1 is 1.12 bits per heavy atom. The average Bonchev–Trinajstić information content (AvgIpc) is 2.61. The number of fused-ring (bicyclic) bond motifs is 1. The summed E-state index contributed by atoms with van der Waals surface area (Å²) in [7, 11) is 1.56. The Kier molecular flexibility index (Phi) is 4.21. The first-order chi connectivity index (χ1) is 12.0. The molecule has 0 aliphatic carbocycles. The van der Waals surface area contributed by atoms with Gasteiger partial charge in [0.05, 0.1) is 29.0 Å². The molecule has 3 aromatic carbocycles. The monoisotopic (exact) mass is 338 g/mol. The normalized spacial score (nSPS) is 10.4. The number of aromatic carboxylic acids is 1. The van der Waals surface area contributed by atoms with E-state index in [0.717, 1.165) is 16.8 Å². The van der Waals surface area contributed by atoms with Crippen LogP contribution in [0.1, 0.15) is 10.4 Å². The minimum absolute atomic E-state index is 0.180. The topological polar surface area (TPSA) is 102 Å². The molecule has 0 unspecified atom stereocenters. The van der Waals surface area contributed by atoms with Crippen LogP contribution >= 0.6 is 0 Å². The summed E-state index contributed by atoms with van der Waals surface area (Å²) >= 11 is 0. The maximum Gasteiger partial charge on any atom is 0.338 e. The van der Waals surface area contributed by atoms with Crippen LogP contribution in [0.15, 0.2) is 54.6 Å². The van der Waals surface area contributed by atoms with Gasteiger partial charge < -0.3 is 15.2 Å². The number of hydrogen-bond acceptors (Lipinski definition) is 5. The van der Waals surface area contributed by atoms with E-state index in [2.05, 4.69) is 5.32 Å². The number of nitro groups is 1. The van der Waals surface area contributed by atoms with E-state index in [9.17, 15) is 20.0 Å². The Morgan fingerprint density at radius 3 is 2.48 bits per heavy atom. The number of rotatable bonds is 5. The van der Waals surface area contributed by atoms with Gasteiger partial charge in [0.15, 0.2) is 0 Å². The van der Waals surface area contributed by atoms with Crippen LogP contribution in [0, 0.1) is 10.1 Å². The number of carboxylic acids is 1. The second-order valence-corrected chi connectivity index (χ2v) is 5.28. The summed E-state index contributed by atoms with van der Waals surface area (Å²) in [5, 5.41) is 25.0. The van der Waals surface area contributed by atoms with Gasteiger partial charge in [-0.2, -0.15) is 0 Å². The summed E-state index contributed by atoms with van der Waals surface area (Å²) < 4.78 is 5.39. The summed E-state index contributed by atoms with van der Waals surface area (Å²) in [4.78, 5) is 21.7. The molecule has 25 heavy (non-hydrogen) atoms. The van der Waals surface area contributed by atoms with Crippen molar-refractivity contribution >= 4 is 33.8 Å². The molecule has 0 radical (unpaired) electrons. The van der Waals surface area contributed by atoms with Crippen molar-refractivity contribution in [3.8, 4) is 5.75 Å². The minimum Gasteiger partial charge on any atom is -0.496 e. The largest absolute Gasteiger partial charge is 0.496 e. The molecule has 3 aromatic rings. The van der Waals surface area contributed by atoms with Crippen molar-refractivity contribution in [3.05, 3.63) is 70.3 Å². The fourth-order valence-corrected chi connectivity index (χ4v) is 2.66. The Labute approximate surface area is 142 Å². The second kappa shape index (κ2) is 6.48. The summed E-state index contributed by atoms with van der Waals surface area (Å²) in [6, 6.07) is 14.8. The van der Waals surface area contributed by atoms with E-state index in [1.807, 2.05) is 30.3 Å². The van der Waals surface area contributed by atoms with E-state index in [-0.39, 0.29) is 16.9 Å². The van der Waals surface area contributed by atoms with Crippen molar-refractivity contribution < 1.29 is 19.6 Å². The standard InChI is InChI=1S/C18H14N2O5/c1-25-16-7-3-5-11-4-2-6-15(17(11)16)19-14-9-8-12(20(23)24)10-13(14)18(21)22/h2-10,19H,1H3,(H,21,22). The van der Waals surface area contributed by atoms with Crippen LogP contribution in [-0.4, -0.2) is 23.1 Å². The quantitative estimate of drug-likeness (QED) is 0.534. The number of ether oxygens (including phenoxy) is 1. The van der Waals surface area contributed by atoms with Gasteiger partial charge in [-0.25, -0.2) is 4.79 Å². The van der Waals surface area contributed by atoms with Gasteiger partial charge in [-0.3, -0.25) is 10.1 Å². The molecule has 0 amide bonds. The maximum absolute atomic E-state index is 11.5. The summed E-state index contributed by atoms with van der Waals surface area (Å²) in [6.07, 6.45) is 0. The lowest BCUT2D eigenvalue weighted by Gasteiger charge is -2.14. The summed E-state index contributed by atoms with van der Waals surface area (Å²) in [5.41, 5.74) is 0.447. The Morgan fingerprint density at radius 2 is 1.84 bits per heavy atom. The lowest BCUT2D eigenvalue weighted by Crippen LogP contribution is -2.04. The molecule has 0 heterocycles. The number of anilines is 2. The lowest BCUT2D eigenvalue weighted by molar-refractivity contribution is -0.384. The molecule has 0 aliphatic heterocycles. The van der Waals surface area contributed by atoms with E-state index in [0.29, 0.717) is 11.4 Å². The van der Waals surface area contributed by atoms with Crippen LogP contribution in [-0.2, 0) is 0 Å². The van der Waals surface area contributed by atoms with Crippen molar-refractivity contribution in [2.75, 3.05) is 12.4 Å². The SMILES string of the molecule is COc1cccc2cccc(Nc3ccc([N+](=O)[O-])cc3C(=O)O)c12. The predicted octanol–water partition coefficient (Wildman–Crippen LogP) is 4.20. The molecule has 7 nitrogen and oxygen atoms in total. The lowest BCUT2D eigenvalue weighted by atomic mass is 10.1. The number of hydrogen-bond donors (Lipinski definition) is 2. The van der Waals surface area contributed by atoms with Crippen LogP contribution in [0.2, 0.25) is 0 Å². The molecule has 126 valence electrons. The molecule has 2 N–H and O–H groups in total. The first-order valence-corrected chi connectivity index (χ1v) is 7.35. The van der Waals surface area contributed by atoms with E-state index < -0.39 is 10.9 Å². The third-order valence-electron chi connectivity index (χ3n) is 3.80. The third kappa shape index (κ3) is 3.07. The molecule has 0 saturated carbocycles. The smallest absolute Gasteiger partial charge is 0.338 e. The zero-order valence-electron chi connectivity index (χ0n) is 13.2. The molecular weight excluding hydrogens is 324 g/mol. The van der Waals surface area contributed by atoms with Gasteiger partial charge in [0.2, 0.25) is 0 Å². The van der Waals surface area contributed by atoms with Gasteiger partial charge in [0, 0.05) is 17.5 Å². The molecule has 0 fully saturated rings. The number of non-ortho nitro benzene ring substituents is 1. The molecule has 3 rings (SSSR count). The number of carboxylic acid groups (broad SMARTS) is 1. The molecular formula is C18H14N2O5. The predicted molar refractivity (Wildman–Crippen MR) is 93.8 cm³/mol. The van der Waals surface area contributed by atoms with Crippen molar-refractivity contribution in [2.45, 2.75) is 0 Å².